The van der Waals surface area contributed by atoms with Gasteiger partial charge >= 0.3 is 0 Å². The van der Waals surface area contributed by atoms with Gasteiger partial charge in [-0.2, -0.15) is 0 Å². The molecule has 1 heterocycles. The van der Waals surface area contributed by atoms with Gasteiger partial charge in [-0.3, -0.25) is 14.9 Å². The third kappa shape index (κ3) is 4.07. The van der Waals surface area contributed by atoms with Crippen LogP contribution in [0.2, 0.25) is 0 Å². The third-order valence-corrected chi connectivity index (χ3v) is 3.96. The highest BCUT2D eigenvalue weighted by Crippen LogP contribution is 2.15. The van der Waals surface area contributed by atoms with Gasteiger partial charge in [0.1, 0.15) is 5.82 Å². The topological polar surface area (TPSA) is 49.4 Å². The smallest absolute Gasteiger partial charge is 0.298 e. The lowest BCUT2D eigenvalue weighted by molar-refractivity contribution is -0.115. The Morgan fingerprint density at radius 1 is 1.24 bits per heavy atom. The van der Waals surface area contributed by atoms with E-state index in [1.807, 2.05) is 4.90 Å². The molecule has 0 atom stereocenters. The van der Waals surface area contributed by atoms with Crippen molar-refractivity contribution < 1.29 is 14.0 Å². The summed E-state index contributed by atoms with van der Waals surface area (Å²) in [6.45, 7) is 3.74. The van der Waals surface area contributed by atoms with Crippen LogP contribution in [-0.4, -0.2) is 34.8 Å². The van der Waals surface area contributed by atoms with E-state index in [2.05, 4.69) is 12.2 Å². The van der Waals surface area contributed by atoms with Crippen LogP contribution in [0.25, 0.3) is 0 Å². The van der Waals surface area contributed by atoms with Crippen LogP contribution in [0.4, 0.5) is 4.39 Å². The summed E-state index contributed by atoms with van der Waals surface area (Å²) in [6, 6.07) is 4.85. The second kappa shape index (κ2) is 6.76. The van der Waals surface area contributed by atoms with Crippen LogP contribution in [-0.2, 0) is 4.79 Å². The van der Waals surface area contributed by atoms with E-state index in [4.69, 9.17) is 12.2 Å². The highest BCUT2D eigenvalue weighted by Gasteiger charge is 2.22. The van der Waals surface area contributed by atoms with E-state index >= 15 is 0 Å². The Hall–Kier alpha value is -1.82. The van der Waals surface area contributed by atoms with Gasteiger partial charge in [0.25, 0.3) is 11.7 Å². The number of nitrogens with one attached hydrogen (secondary N) is 1. The standard InChI is InChI=1S/C15H17FN2O2S/c1-10-6-8-18(9-7-10)15(21)17-14(20)13(19)11-2-4-12(16)5-3-11/h2-5,10H,6-9H2,1H3,(H,17,20,21). The molecule has 1 saturated heterocycles. The van der Waals surface area contributed by atoms with Crippen molar-refractivity contribution in [3.63, 3.8) is 0 Å². The van der Waals surface area contributed by atoms with Gasteiger partial charge in [0.2, 0.25) is 0 Å². The van der Waals surface area contributed by atoms with Crippen LogP contribution in [0.3, 0.4) is 0 Å². The third-order valence-electron chi connectivity index (χ3n) is 3.60. The summed E-state index contributed by atoms with van der Waals surface area (Å²) >= 11 is 5.16. The molecule has 4 nitrogen and oxygen atoms in total. The average molecular weight is 308 g/mol. The predicted octanol–water partition coefficient (Wildman–Crippen LogP) is 2.14. The number of ketones is 1. The van der Waals surface area contributed by atoms with Gasteiger partial charge in [-0.15, -0.1) is 0 Å². The first-order valence-corrected chi connectivity index (χ1v) is 7.28. The van der Waals surface area contributed by atoms with Gasteiger partial charge in [0.05, 0.1) is 0 Å². The maximum atomic E-state index is 12.8. The minimum atomic E-state index is -0.787. The second-order valence-corrected chi connectivity index (χ2v) is 5.65. The molecule has 6 heteroatoms. The predicted molar refractivity (Wildman–Crippen MR) is 81.4 cm³/mol. The number of halogens is 1. The van der Waals surface area contributed by atoms with Gasteiger partial charge in [-0.25, -0.2) is 4.39 Å². The second-order valence-electron chi connectivity index (χ2n) is 5.26. The fourth-order valence-electron chi connectivity index (χ4n) is 2.18. The molecule has 112 valence electrons. The summed E-state index contributed by atoms with van der Waals surface area (Å²) in [4.78, 5) is 25.7. The molecular weight excluding hydrogens is 291 g/mol. The molecule has 0 radical (unpaired) electrons. The van der Waals surface area contributed by atoms with E-state index in [0.717, 1.165) is 38.1 Å². The van der Waals surface area contributed by atoms with E-state index < -0.39 is 17.5 Å². The van der Waals surface area contributed by atoms with Crippen molar-refractivity contribution in [3.05, 3.63) is 35.6 Å². The summed E-state index contributed by atoms with van der Waals surface area (Å²) in [5.74, 6) is -1.31. The van der Waals surface area contributed by atoms with Crippen LogP contribution in [0.15, 0.2) is 24.3 Å². The van der Waals surface area contributed by atoms with Crippen molar-refractivity contribution >= 4 is 29.0 Å². The molecule has 0 spiro atoms. The number of piperidine rings is 1. The van der Waals surface area contributed by atoms with Crippen LogP contribution in [0, 0.1) is 11.7 Å². The molecule has 0 aliphatic carbocycles. The van der Waals surface area contributed by atoms with Crippen molar-refractivity contribution in [1.29, 1.82) is 0 Å². The number of hydrogen-bond donors (Lipinski definition) is 1. The molecule has 1 N–H and O–H groups in total. The summed E-state index contributed by atoms with van der Waals surface area (Å²) < 4.78 is 12.8. The molecule has 1 fully saturated rings. The van der Waals surface area contributed by atoms with Gasteiger partial charge in [-0.1, -0.05) is 6.92 Å². The molecule has 1 aliphatic rings. The molecule has 1 aromatic carbocycles. The number of thiocarbonyl (C=S) groups is 1. The Morgan fingerprint density at radius 3 is 2.38 bits per heavy atom. The van der Waals surface area contributed by atoms with Gasteiger partial charge in [0, 0.05) is 18.7 Å². The Balaban J connectivity index is 1.93. The van der Waals surface area contributed by atoms with Crippen molar-refractivity contribution in [2.45, 2.75) is 19.8 Å². The summed E-state index contributed by atoms with van der Waals surface area (Å²) in [5, 5.41) is 2.73. The normalized spacial score (nSPS) is 15.6. The Bertz CT molecular complexity index is 551. The molecule has 0 saturated carbocycles. The van der Waals surface area contributed by atoms with Crippen LogP contribution in [0.1, 0.15) is 30.1 Å². The molecule has 1 aromatic rings. The number of carbonyl (C=O) groups excluding carboxylic acids is 2. The van der Waals surface area contributed by atoms with Crippen LogP contribution in [0.5, 0.6) is 0 Å². The Kier molecular flexibility index (Phi) is 5.01. The highest BCUT2D eigenvalue weighted by atomic mass is 32.1. The molecule has 1 amide bonds. The maximum Gasteiger partial charge on any atom is 0.298 e. The zero-order valence-corrected chi connectivity index (χ0v) is 12.6. The summed E-state index contributed by atoms with van der Waals surface area (Å²) in [6.07, 6.45) is 2.03. The molecule has 0 bridgehead atoms. The Morgan fingerprint density at radius 2 is 1.81 bits per heavy atom. The van der Waals surface area contributed by atoms with Crippen LogP contribution < -0.4 is 5.32 Å². The number of carbonyl (C=O) groups is 2. The number of nitrogens with zero attached hydrogens (tertiary/aromatic N) is 1. The lowest BCUT2D eigenvalue weighted by Gasteiger charge is -2.31. The first-order valence-electron chi connectivity index (χ1n) is 6.87. The quantitative estimate of drug-likeness (QED) is 0.517. The van der Waals surface area contributed by atoms with Gasteiger partial charge in [-0.05, 0) is 55.2 Å². The molecule has 21 heavy (non-hydrogen) atoms. The first kappa shape index (κ1) is 15.6. The lowest BCUT2D eigenvalue weighted by Crippen LogP contribution is -2.47. The molecular formula is C15H17FN2O2S. The number of benzene rings is 1. The van der Waals surface area contributed by atoms with E-state index in [-0.39, 0.29) is 10.7 Å². The molecule has 1 aliphatic heterocycles. The SMILES string of the molecule is CC1CCN(C(=S)NC(=O)C(=O)c2ccc(F)cc2)CC1. The number of rotatable bonds is 2. The van der Waals surface area contributed by atoms with E-state index in [9.17, 15) is 14.0 Å². The lowest BCUT2D eigenvalue weighted by atomic mass is 10.00. The largest absolute Gasteiger partial charge is 0.349 e. The van der Waals surface area contributed by atoms with Crippen molar-refractivity contribution in [2.75, 3.05) is 13.1 Å². The van der Waals surface area contributed by atoms with Crippen molar-refractivity contribution in [1.82, 2.24) is 10.2 Å². The number of hydrogen-bond acceptors (Lipinski definition) is 3. The monoisotopic (exact) mass is 308 g/mol. The number of likely N-dealkylation sites (tertiary alicyclic amines) is 1. The van der Waals surface area contributed by atoms with Crippen molar-refractivity contribution in [3.8, 4) is 0 Å². The minimum Gasteiger partial charge on any atom is -0.349 e. The van der Waals surface area contributed by atoms with Gasteiger partial charge < -0.3 is 4.90 Å². The fraction of sp³-hybridized carbons (Fsp3) is 0.400. The number of Topliss-reactive ketones (excluding diaryl/α,β-unsaturated/α-hetero) is 1. The number of amides is 1. The highest BCUT2D eigenvalue weighted by molar-refractivity contribution is 7.80. The molecule has 2 rings (SSSR count). The van der Waals surface area contributed by atoms with E-state index in [1.54, 1.807) is 0 Å². The van der Waals surface area contributed by atoms with E-state index in [0.29, 0.717) is 5.92 Å². The molecule has 0 unspecified atom stereocenters. The fourth-order valence-corrected chi connectivity index (χ4v) is 2.45. The first-order chi connectivity index (χ1) is 9.97. The zero-order chi connectivity index (χ0) is 15.4. The van der Waals surface area contributed by atoms with Gasteiger partial charge in [0.15, 0.2) is 5.11 Å². The minimum absolute atomic E-state index is 0.143. The van der Waals surface area contributed by atoms with Crippen LogP contribution >= 0.6 is 12.2 Å². The average Bonchev–Trinajstić information content (AvgIpc) is 2.47. The maximum absolute atomic E-state index is 12.8. The van der Waals surface area contributed by atoms with E-state index in [1.165, 1.54) is 12.1 Å². The Labute approximate surface area is 128 Å². The summed E-state index contributed by atoms with van der Waals surface area (Å²) in [5.41, 5.74) is 0.143. The van der Waals surface area contributed by atoms with Crippen molar-refractivity contribution in [2.24, 2.45) is 5.92 Å². The zero-order valence-electron chi connectivity index (χ0n) is 11.8. The molecule has 0 aromatic heterocycles. The summed E-state index contributed by atoms with van der Waals surface area (Å²) in [7, 11) is 0.